The van der Waals surface area contributed by atoms with Crippen molar-refractivity contribution in [3.8, 4) is 11.5 Å². The maximum atomic E-state index is 12.7. The highest BCUT2D eigenvalue weighted by Gasteiger charge is 2.34. The SMILES string of the molecule is COc1ccc(NC(=O)C(=O)N2CCC[C@H]2C[C@H](O)c2ccco2)c(OC)c1. The Bertz CT molecular complexity index is 820. The van der Waals surface area contributed by atoms with Gasteiger partial charge in [0, 0.05) is 25.1 Å². The molecule has 0 spiro atoms. The summed E-state index contributed by atoms with van der Waals surface area (Å²) < 4.78 is 15.6. The van der Waals surface area contributed by atoms with Crippen molar-refractivity contribution in [1.29, 1.82) is 0 Å². The number of rotatable bonds is 6. The molecule has 2 N–H and O–H groups in total. The Kier molecular flexibility index (Phi) is 6.20. The van der Waals surface area contributed by atoms with Crippen molar-refractivity contribution in [3.63, 3.8) is 0 Å². The summed E-state index contributed by atoms with van der Waals surface area (Å²) in [7, 11) is 3.00. The van der Waals surface area contributed by atoms with Gasteiger partial charge in [0.1, 0.15) is 23.4 Å². The largest absolute Gasteiger partial charge is 0.497 e. The quantitative estimate of drug-likeness (QED) is 0.737. The molecule has 1 aliphatic rings. The topological polar surface area (TPSA) is 101 Å². The zero-order chi connectivity index (χ0) is 20.1. The van der Waals surface area contributed by atoms with Crippen LogP contribution in [0.5, 0.6) is 11.5 Å². The van der Waals surface area contributed by atoms with Crippen LogP contribution in [-0.4, -0.2) is 48.6 Å². The second-order valence-electron chi connectivity index (χ2n) is 6.58. The number of nitrogens with one attached hydrogen (secondary N) is 1. The summed E-state index contributed by atoms with van der Waals surface area (Å²) in [4.78, 5) is 26.7. The van der Waals surface area contributed by atoms with Gasteiger partial charge in [-0.05, 0) is 37.1 Å². The van der Waals surface area contributed by atoms with Crippen molar-refractivity contribution in [2.75, 3.05) is 26.1 Å². The first kappa shape index (κ1) is 19.8. The van der Waals surface area contributed by atoms with Crippen LogP contribution in [0.1, 0.15) is 31.1 Å². The third kappa shape index (κ3) is 4.28. The third-order valence-corrected chi connectivity index (χ3v) is 4.86. The summed E-state index contributed by atoms with van der Waals surface area (Å²) in [5.74, 6) is 0.0426. The fraction of sp³-hybridized carbons (Fsp3) is 0.400. The third-order valence-electron chi connectivity index (χ3n) is 4.86. The zero-order valence-corrected chi connectivity index (χ0v) is 15.9. The predicted octanol–water partition coefficient (Wildman–Crippen LogP) is 2.35. The highest BCUT2D eigenvalue weighted by atomic mass is 16.5. The van der Waals surface area contributed by atoms with Crippen molar-refractivity contribution >= 4 is 17.5 Å². The molecule has 0 unspecified atom stereocenters. The van der Waals surface area contributed by atoms with Crippen LogP contribution in [-0.2, 0) is 9.59 Å². The number of anilines is 1. The van der Waals surface area contributed by atoms with Gasteiger partial charge in [0.05, 0.1) is 26.2 Å². The number of benzene rings is 1. The molecule has 1 aromatic carbocycles. The molecule has 8 nitrogen and oxygen atoms in total. The molecule has 150 valence electrons. The Morgan fingerprint density at radius 3 is 2.82 bits per heavy atom. The molecular weight excluding hydrogens is 364 g/mol. The average Bonchev–Trinajstić information content (AvgIpc) is 3.39. The molecule has 0 radical (unpaired) electrons. The van der Waals surface area contributed by atoms with Crippen molar-refractivity contribution < 1.29 is 28.6 Å². The van der Waals surface area contributed by atoms with Gasteiger partial charge in [-0.25, -0.2) is 0 Å². The van der Waals surface area contributed by atoms with Gasteiger partial charge < -0.3 is 29.2 Å². The number of ether oxygens (including phenoxy) is 2. The lowest BCUT2D eigenvalue weighted by Crippen LogP contribution is -2.43. The lowest BCUT2D eigenvalue weighted by Gasteiger charge is -2.25. The maximum absolute atomic E-state index is 12.7. The number of carbonyl (C=O) groups is 2. The van der Waals surface area contributed by atoms with Crippen LogP contribution in [0, 0.1) is 0 Å². The molecule has 1 fully saturated rings. The van der Waals surface area contributed by atoms with E-state index >= 15 is 0 Å². The van der Waals surface area contributed by atoms with Crippen LogP contribution in [0.2, 0.25) is 0 Å². The fourth-order valence-electron chi connectivity index (χ4n) is 3.41. The van der Waals surface area contributed by atoms with E-state index in [1.165, 1.54) is 25.4 Å². The Labute approximate surface area is 163 Å². The molecule has 2 amide bonds. The van der Waals surface area contributed by atoms with E-state index in [-0.39, 0.29) is 6.04 Å². The Morgan fingerprint density at radius 1 is 1.32 bits per heavy atom. The van der Waals surface area contributed by atoms with Crippen molar-refractivity contribution in [2.45, 2.75) is 31.4 Å². The molecule has 2 aromatic rings. The van der Waals surface area contributed by atoms with Gasteiger partial charge in [-0.15, -0.1) is 0 Å². The van der Waals surface area contributed by atoms with Crippen LogP contribution < -0.4 is 14.8 Å². The summed E-state index contributed by atoms with van der Waals surface area (Å²) in [6.45, 7) is 0.474. The van der Waals surface area contributed by atoms with Gasteiger partial charge >= 0.3 is 11.8 Å². The average molecular weight is 388 g/mol. The first-order valence-corrected chi connectivity index (χ1v) is 9.09. The second kappa shape index (κ2) is 8.79. The number of carbonyl (C=O) groups excluding carboxylic acids is 2. The lowest BCUT2D eigenvalue weighted by molar-refractivity contribution is -0.144. The minimum Gasteiger partial charge on any atom is -0.497 e. The van der Waals surface area contributed by atoms with Crippen LogP contribution in [0.15, 0.2) is 41.0 Å². The van der Waals surface area contributed by atoms with Gasteiger partial charge in [-0.2, -0.15) is 0 Å². The van der Waals surface area contributed by atoms with Crippen LogP contribution >= 0.6 is 0 Å². The minimum atomic E-state index is -0.821. The number of amides is 2. The van der Waals surface area contributed by atoms with E-state index in [1.807, 2.05) is 0 Å². The van der Waals surface area contributed by atoms with Crippen LogP contribution in [0.3, 0.4) is 0 Å². The molecule has 28 heavy (non-hydrogen) atoms. The highest BCUT2D eigenvalue weighted by molar-refractivity contribution is 6.39. The summed E-state index contributed by atoms with van der Waals surface area (Å²) in [6, 6.07) is 8.07. The summed E-state index contributed by atoms with van der Waals surface area (Å²) in [6.07, 6.45) is 2.49. The molecule has 3 rings (SSSR count). The minimum absolute atomic E-state index is 0.226. The Balaban J connectivity index is 1.66. The first-order valence-electron chi connectivity index (χ1n) is 9.09. The summed E-state index contributed by atoms with van der Waals surface area (Å²) in [5, 5.41) is 12.9. The monoisotopic (exact) mass is 388 g/mol. The number of furan rings is 1. The van der Waals surface area contributed by atoms with Gasteiger partial charge in [-0.3, -0.25) is 9.59 Å². The van der Waals surface area contributed by atoms with Crippen LogP contribution in [0.4, 0.5) is 5.69 Å². The molecule has 2 atom stereocenters. The number of nitrogens with zero attached hydrogens (tertiary/aromatic N) is 1. The zero-order valence-electron chi connectivity index (χ0n) is 15.9. The molecule has 1 saturated heterocycles. The van der Waals surface area contributed by atoms with E-state index in [4.69, 9.17) is 13.9 Å². The second-order valence-corrected chi connectivity index (χ2v) is 6.58. The number of methoxy groups -OCH3 is 2. The molecule has 0 saturated carbocycles. The van der Waals surface area contributed by atoms with E-state index in [2.05, 4.69) is 5.32 Å². The smallest absolute Gasteiger partial charge is 0.314 e. The van der Waals surface area contributed by atoms with E-state index in [0.717, 1.165) is 12.8 Å². The molecular formula is C20H24N2O6. The van der Waals surface area contributed by atoms with Gasteiger partial charge in [0.15, 0.2) is 0 Å². The molecule has 1 aromatic heterocycles. The van der Waals surface area contributed by atoms with Crippen molar-refractivity contribution in [3.05, 3.63) is 42.4 Å². The molecule has 0 aliphatic carbocycles. The molecule has 8 heteroatoms. The lowest BCUT2D eigenvalue weighted by atomic mass is 10.1. The van der Waals surface area contributed by atoms with E-state index in [0.29, 0.717) is 35.9 Å². The van der Waals surface area contributed by atoms with Gasteiger partial charge in [0.2, 0.25) is 0 Å². The van der Waals surface area contributed by atoms with E-state index in [9.17, 15) is 14.7 Å². The van der Waals surface area contributed by atoms with E-state index in [1.54, 1.807) is 30.3 Å². The number of aliphatic hydroxyl groups is 1. The van der Waals surface area contributed by atoms with E-state index < -0.39 is 17.9 Å². The normalized spacial score (nSPS) is 17.2. The van der Waals surface area contributed by atoms with Crippen molar-refractivity contribution in [2.24, 2.45) is 0 Å². The summed E-state index contributed by atoms with van der Waals surface area (Å²) >= 11 is 0. The van der Waals surface area contributed by atoms with Crippen molar-refractivity contribution in [1.82, 2.24) is 4.90 Å². The predicted molar refractivity (Wildman–Crippen MR) is 101 cm³/mol. The number of hydrogen-bond acceptors (Lipinski definition) is 6. The number of aliphatic hydroxyl groups excluding tert-OH is 1. The maximum Gasteiger partial charge on any atom is 0.314 e. The Hall–Kier alpha value is -3.00. The van der Waals surface area contributed by atoms with Gasteiger partial charge in [-0.1, -0.05) is 0 Å². The number of likely N-dealkylation sites (tertiary alicyclic amines) is 1. The first-order chi connectivity index (χ1) is 13.5. The standard InChI is InChI=1S/C20H24N2O6/c1-26-14-7-8-15(18(12-14)27-2)21-19(24)20(25)22-9-3-5-13(22)11-16(23)17-6-4-10-28-17/h4,6-8,10,12-13,16,23H,3,5,9,11H2,1-2H3,(H,21,24)/t13-,16-/m0/s1. The van der Waals surface area contributed by atoms with Crippen LogP contribution in [0.25, 0.3) is 0 Å². The Morgan fingerprint density at radius 2 is 2.14 bits per heavy atom. The van der Waals surface area contributed by atoms with Gasteiger partial charge in [0.25, 0.3) is 0 Å². The molecule has 2 heterocycles. The fourth-order valence-corrected chi connectivity index (χ4v) is 3.41. The molecule has 1 aliphatic heterocycles. The summed E-state index contributed by atoms with van der Waals surface area (Å²) in [5.41, 5.74) is 0.382. The highest BCUT2D eigenvalue weighted by Crippen LogP contribution is 2.30. The number of hydrogen-bond donors (Lipinski definition) is 2. The molecule has 0 bridgehead atoms.